The summed E-state index contributed by atoms with van der Waals surface area (Å²) in [5.74, 6) is 3.67. The van der Waals surface area contributed by atoms with Gasteiger partial charge in [-0.3, -0.25) is 4.90 Å². The Morgan fingerprint density at radius 2 is 1.68 bits per heavy atom. The molecule has 2 aliphatic rings. The molecule has 0 heterocycles. The predicted octanol–water partition coefficient (Wildman–Crippen LogP) is 5.90. The molecule has 140 valence electrons. The summed E-state index contributed by atoms with van der Waals surface area (Å²) in [7, 11) is 1.74. The van der Waals surface area contributed by atoms with E-state index < -0.39 is 0 Å². The number of methoxy groups -OCH3 is 1. The lowest BCUT2D eigenvalue weighted by molar-refractivity contribution is -0.0454. The number of rotatable bonds is 7. The minimum atomic E-state index is 0.440. The van der Waals surface area contributed by atoms with E-state index in [4.69, 9.17) is 4.74 Å². The fourth-order valence-corrected chi connectivity index (χ4v) is 5.82. The lowest BCUT2D eigenvalue weighted by atomic mass is 9.60. The number of hydrogen-bond acceptors (Lipinski definition) is 2. The van der Waals surface area contributed by atoms with Crippen molar-refractivity contribution in [2.24, 2.45) is 17.8 Å². The molecule has 2 unspecified atom stereocenters. The second kappa shape index (κ2) is 8.12. The molecule has 1 aromatic carbocycles. The summed E-state index contributed by atoms with van der Waals surface area (Å²) in [6.45, 7) is 9.63. The van der Waals surface area contributed by atoms with Gasteiger partial charge in [-0.25, -0.2) is 0 Å². The van der Waals surface area contributed by atoms with Crippen LogP contribution in [0.25, 0.3) is 0 Å². The van der Waals surface area contributed by atoms with Crippen molar-refractivity contribution in [3.05, 3.63) is 29.8 Å². The van der Waals surface area contributed by atoms with Crippen LogP contribution in [0.3, 0.4) is 0 Å². The van der Waals surface area contributed by atoms with Gasteiger partial charge >= 0.3 is 0 Å². The molecular weight excluding hydrogens is 306 g/mol. The largest absolute Gasteiger partial charge is 0.497 e. The first-order valence-electron chi connectivity index (χ1n) is 10.4. The molecular formula is C23H37NO. The predicted molar refractivity (Wildman–Crippen MR) is 106 cm³/mol. The molecule has 0 N–H and O–H groups in total. The summed E-state index contributed by atoms with van der Waals surface area (Å²) < 4.78 is 5.33. The smallest absolute Gasteiger partial charge is 0.118 e. The Hall–Kier alpha value is -1.02. The lowest BCUT2D eigenvalue weighted by Gasteiger charge is -2.55. The topological polar surface area (TPSA) is 12.5 Å². The van der Waals surface area contributed by atoms with Gasteiger partial charge in [0.15, 0.2) is 0 Å². The maximum atomic E-state index is 5.33. The van der Waals surface area contributed by atoms with Crippen molar-refractivity contribution in [2.75, 3.05) is 13.7 Å². The van der Waals surface area contributed by atoms with Gasteiger partial charge in [0.25, 0.3) is 0 Å². The van der Waals surface area contributed by atoms with Crippen molar-refractivity contribution in [1.82, 2.24) is 4.90 Å². The third-order valence-corrected chi connectivity index (χ3v) is 6.58. The second-order valence-electron chi connectivity index (χ2n) is 9.01. The average Bonchev–Trinajstić information content (AvgIpc) is 2.57. The van der Waals surface area contributed by atoms with Crippen molar-refractivity contribution in [3.8, 4) is 5.75 Å². The monoisotopic (exact) mass is 343 g/mol. The van der Waals surface area contributed by atoms with Gasteiger partial charge < -0.3 is 4.74 Å². The average molecular weight is 344 g/mol. The first-order chi connectivity index (χ1) is 12.0. The normalized spacial score (nSPS) is 32.0. The highest BCUT2D eigenvalue weighted by Crippen LogP contribution is 2.50. The number of hydrogen-bond donors (Lipinski definition) is 0. The van der Waals surface area contributed by atoms with Crippen molar-refractivity contribution in [2.45, 2.75) is 77.8 Å². The SMILES string of the molecule is CCCCN(Cc1ccc(OC)cc1)C12CC(C)CC(CC(C)C1)C2. The van der Waals surface area contributed by atoms with Crippen LogP contribution in [-0.2, 0) is 6.54 Å². The van der Waals surface area contributed by atoms with Crippen LogP contribution in [-0.4, -0.2) is 24.1 Å². The molecule has 0 aliphatic heterocycles. The number of unbranched alkanes of at least 4 members (excludes halogenated alkanes) is 1. The van der Waals surface area contributed by atoms with Crippen LogP contribution >= 0.6 is 0 Å². The highest BCUT2D eigenvalue weighted by atomic mass is 16.5. The maximum Gasteiger partial charge on any atom is 0.118 e. The Morgan fingerprint density at radius 3 is 2.24 bits per heavy atom. The molecule has 0 aromatic heterocycles. The van der Waals surface area contributed by atoms with Crippen LogP contribution < -0.4 is 4.74 Å². The third-order valence-electron chi connectivity index (χ3n) is 6.58. The summed E-state index contributed by atoms with van der Waals surface area (Å²) in [4.78, 5) is 2.87. The molecule has 25 heavy (non-hydrogen) atoms. The Labute approximate surface area is 154 Å². The fourth-order valence-electron chi connectivity index (χ4n) is 5.82. The highest BCUT2D eigenvalue weighted by molar-refractivity contribution is 5.27. The summed E-state index contributed by atoms with van der Waals surface area (Å²) in [5.41, 5.74) is 1.87. The minimum Gasteiger partial charge on any atom is -0.497 e. The molecule has 2 aliphatic carbocycles. The van der Waals surface area contributed by atoms with Crippen molar-refractivity contribution in [3.63, 3.8) is 0 Å². The molecule has 1 aromatic rings. The van der Waals surface area contributed by atoms with E-state index in [2.05, 4.69) is 49.9 Å². The van der Waals surface area contributed by atoms with E-state index in [1.54, 1.807) is 7.11 Å². The maximum absolute atomic E-state index is 5.33. The van der Waals surface area contributed by atoms with Crippen LogP contribution in [0.2, 0.25) is 0 Å². The fraction of sp³-hybridized carbons (Fsp3) is 0.739. The van der Waals surface area contributed by atoms with Crippen LogP contribution in [0.4, 0.5) is 0 Å². The molecule has 0 saturated heterocycles. The summed E-state index contributed by atoms with van der Waals surface area (Å²) in [6, 6.07) is 8.73. The van der Waals surface area contributed by atoms with E-state index in [0.29, 0.717) is 5.54 Å². The first kappa shape index (κ1) is 18.8. The van der Waals surface area contributed by atoms with Crippen LogP contribution in [0.5, 0.6) is 5.75 Å². The van der Waals surface area contributed by atoms with Gasteiger partial charge in [0.05, 0.1) is 7.11 Å². The zero-order valence-electron chi connectivity index (χ0n) is 16.8. The summed E-state index contributed by atoms with van der Waals surface area (Å²) >= 11 is 0. The zero-order valence-corrected chi connectivity index (χ0v) is 16.8. The number of fused-ring (bicyclic) bond motifs is 2. The van der Waals surface area contributed by atoms with Gasteiger partial charge in [-0.1, -0.05) is 39.3 Å². The molecule has 0 radical (unpaired) electrons. The molecule has 0 spiro atoms. The van der Waals surface area contributed by atoms with Crippen LogP contribution in [0.15, 0.2) is 24.3 Å². The van der Waals surface area contributed by atoms with Crippen molar-refractivity contribution in [1.29, 1.82) is 0 Å². The van der Waals surface area contributed by atoms with Gasteiger partial charge in [0.1, 0.15) is 5.75 Å². The van der Waals surface area contributed by atoms with Gasteiger partial charge in [0.2, 0.25) is 0 Å². The third kappa shape index (κ3) is 4.39. The number of ether oxygens (including phenoxy) is 1. The lowest BCUT2D eigenvalue weighted by Crippen LogP contribution is -2.56. The van der Waals surface area contributed by atoms with E-state index in [1.165, 1.54) is 57.1 Å². The Balaban J connectivity index is 1.82. The van der Waals surface area contributed by atoms with Gasteiger partial charge in [-0.15, -0.1) is 0 Å². The van der Waals surface area contributed by atoms with E-state index >= 15 is 0 Å². The van der Waals surface area contributed by atoms with Gasteiger partial charge in [-0.2, -0.15) is 0 Å². The van der Waals surface area contributed by atoms with Crippen molar-refractivity contribution >= 4 is 0 Å². The molecule has 3 rings (SSSR count). The van der Waals surface area contributed by atoms with E-state index in [1.807, 2.05) is 0 Å². The number of nitrogens with zero attached hydrogens (tertiary/aromatic N) is 1. The van der Waals surface area contributed by atoms with E-state index in [9.17, 15) is 0 Å². The molecule has 0 amide bonds. The summed E-state index contributed by atoms with van der Waals surface area (Å²) in [5, 5.41) is 0. The Kier molecular flexibility index (Phi) is 6.09. The first-order valence-corrected chi connectivity index (χ1v) is 10.4. The summed E-state index contributed by atoms with van der Waals surface area (Å²) in [6.07, 6.45) is 9.73. The highest BCUT2D eigenvalue weighted by Gasteiger charge is 2.47. The number of benzene rings is 1. The van der Waals surface area contributed by atoms with E-state index in [0.717, 1.165) is 30.0 Å². The van der Waals surface area contributed by atoms with E-state index in [-0.39, 0.29) is 0 Å². The molecule has 2 nitrogen and oxygen atoms in total. The Morgan fingerprint density at radius 1 is 1.04 bits per heavy atom. The quantitative estimate of drug-likeness (QED) is 0.611. The van der Waals surface area contributed by atoms with Crippen LogP contribution in [0.1, 0.15) is 71.3 Å². The second-order valence-corrected chi connectivity index (χ2v) is 9.01. The Bertz CT molecular complexity index is 518. The molecule has 2 fully saturated rings. The van der Waals surface area contributed by atoms with Gasteiger partial charge in [0, 0.05) is 12.1 Å². The van der Waals surface area contributed by atoms with Crippen LogP contribution in [0, 0.1) is 17.8 Å². The standard InChI is InChI=1S/C23H37NO/c1-5-6-11-24(17-20-7-9-22(25-4)10-8-20)23-14-18(2)12-21(16-23)13-19(3)15-23/h7-10,18-19,21H,5-6,11-17H2,1-4H3. The molecule has 2 heteroatoms. The molecule has 2 bridgehead atoms. The van der Waals surface area contributed by atoms with Crippen molar-refractivity contribution < 1.29 is 4.74 Å². The molecule has 2 saturated carbocycles. The van der Waals surface area contributed by atoms with Gasteiger partial charge in [-0.05, 0) is 80.5 Å². The zero-order chi connectivity index (χ0) is 17.9. The molecule has 2 atom stereocenters. The minimum absolute atomic E-state index is 0.440.